The first-order valence-electron chi connectivity index (χ1n) is 18.7. The summed E-state index contributed by atoms with van der Waals surface area (Å²) in [5.41, 5.74) is 10.5. The lowest BCUT2D eigenvalue weighted by atomic mass is 9.96. The predicted molar refractivity (Wildman–Crippen MR) is 241 cm³/mol. The van der Waals surface area contributed by atoms with Crippen molar-refractivity contribution in [2.45, 2.75) is 0 Å². The summed E-state index contributed by atoms with van der Waals surface area (Å²) in [7, 11) is 0. The van der Waals surface area contributed by atoms with Gasteiger partial charge in [0.1, 0.15) is 0 Å². The molecule has 0 spiro atoms. The van der Waals surface area contributed by atoms with Crippen LogP contribution in [0.1, 0.15) is 0 Å². The van der Waals surface area contributed by atoms with E-state index in [-0.39, 0.29) is 0 Å². The Morgan fingerprint density at radius 3 is 1.47 bits per heavy atom. The molecule has 55 heavy (non-hydrogen) atoms. The van der Waals surface area contributed by atoms with Crippen molar-refractivity contribution in [2.24, 2.45) is 0 Å². The van der Waals surface area contributed by atoms with Gasteiger partial charge in [0.05, 0.1) is 11.4 Å². The highest BCUT2D eigenvalue weighted by Gasteiger charge is 2.21. The van der Waals surface area contributed by atoms with Crippen molar-refractivity contribution in [3.63, 3.8) is 0 Å². The Morgan fingerprint density at radius 2 is 0.782 bits per heavy atom. The second-order valence-corrected chi connectivity index (χ2v) is 16.3. The monoisotopic (exact) mass is 735 g/mol. The molecule has 0 aliphatic rings. The Kier molecular flexibility index (Phi) is 7.61. The van der Waals surface area contributed by atoms with Crippen molar-refractivity contribution in [3.05, 3.63) is 200 Å². The zero-order valence-corrected chi connectivity index (χ0v) is 31.4. The van der Waals surface area contributed by atoms with Gasteiger partial charge in [-0.2, -0.15) is 0 Å². The van der Waals surface area contributed by atoms with Crippen molar-refractivity contribution in [1.29, 1.82) is 0 Å². The van der Waals surface area contributed by atoms with Gasteiger partial charge in [0.2, 0.25) is 0 Å². The molecule has 0 radical (unpaired) electrons. The summed E-state index contributed by atoms with van der Waals surface area (Å²) in [6.45, 7) is 0. The molecular weight excluding hydrogens is 703 g/mol. The van der Waals surface area contributed by atoms with Crippen LogP contribution in [0.2, 0.25) is 0 Å². The third kappa shape index (κ3) is 5.51. The van der Waals surface area contributed by atoms with Crippen molar-refractivity contribution in [1.82, 2.24) is 0 Å². The van der Waals surface area contributed by atoms with Gasteiger partial charge in [-0.1, -0.05) is 133 Å². The highest BCUT2D eigenvalue weighted by atomic mass is 32.1. The zero-order valence-electron chi connectivity index (χ0n) is 29.8. The molecule has 11 rings (SSSR count). The normalized spacial score (nSPS) is 11.6. The second-order valence-electron chi connectivity index (χ2n) is 14.1. The molecule has 1 nitrogen and oxygen atoms in total. The highest BCUT2D eigenvalue weighted by Crippen LogP contribution is 2.47. The predicted octanol–water partition coefficient (Wildman–Crippen LogP) is 16.0. The molecule has 0 fully saturated rings. The summed E-state index contributed by atoms with van der Waals surface area (Å²) >= 11 is 3.72. The summed E-state index contributed by atoms with van der Waals surface area (Å²) in [4.78, 5) is 2.47. The molecule has 9 aromatic carbocycles. The molecule has 0 amide bonds. The largest absolute Gasteiger partial charge is 0.309 e. The fraction of sp³-hybridized carbons (Fsp3) is 0. The van der Waals surface area contributed by atoms with E-state index in [1.807, 2.05) is 22.7 Å². The molecule has 0 unspecified atom stereocenters. The first kappa shape index (κ1) is 32.0. The number of rotatable bonds is 6. The van der Waals surface area contributed by atoms with Gasteiger partial charge in [-0.05, 0) is 99.8 Å². The molecule has 0 aliphatic heterocycles. The lowest BCUT2D eigenvalue weighted by Gasteiger charge is -2.30. The van der Waals surface area contributed by atoms with Crippen LogP contribution in [0.4, 0.5) is 17.1 Å². The van der Waals surface area contributed by atoms with Gasteiger partial charge in [0.15, 0.2) is 0 Å². The maximum absolute atomic E-state index is 2.47. The van der Waals surface area contributed by atoms with Crippen LogP contribution in [0.25, 0.3) is 84.5 Å². The van der Waals surface area contributed by atoms with E-state index in [9.17, 15) is 0 Å². The standard InChI is InChI=1S/C52H33NS2/c1-2-13-35-30-38(25-24-34(35)12-1)41-16-3-7-20-47(41)53(40-15-11-14-36(31-40)37-26-28-51-45(32-37)43-18-5-9-22-49(43)54-51)48-21-8-4-17-42(48)39-27-29-52-46(33-39)44-19-6-10-23-50(44)55-52/h1-33H. The van der Waals surface area contributed by atoms with Crippen LogP contribution in [-0.2, 0) is 0 Å². The van der Waals surface area contributed by atoms with Crippen LogP contribution < -0.4 is 4.90 Å². The molecule has 0 N–H and O–H groups in total. The van der Waals surface area contributed by atoms with Crippen LogP contribution in [0.3, 0.4) is 0 Å². The Labute approximate surface area is 327 Å². The van der Waals surface area contributed by atoms with Gasteiger partial charge >= 0.3 is 0 Å². The van der Waals surface area contributed by atoms with Crippen molar-refractivity contribution in [3.8, 4) is 33.4 Å². The van der Waals surface area contributed by atoms with Gasteiger partial charge in [-0.15, -0.1) is 22.7 Å². The number of thiophene rings is 2. The summed E-state index contributed by atoms with van der Waals surface area (Å²) in [5, 5.41) is 7.71. The molecule has 2 heterocycles. The summed E-state index contributed by atoms with van der Waals surface area (Å²) < 4.78 is 5.27. The van der Waals surface area contributed by atoms with Gasteiger partial charge in [0.25, 0.3) is 0 Å². The number of anilines is 3. The minimum atomic E-state index is 1.11. The number of nitrogens with zero attached hydrogens (tertiary/aromatic N) is 1. The van der Waals surface area contributed by atoms with E-state index in [4.69, 9.17) is 0 Å². The highest BCUT2D eigenvalue weighted by molar-refractivity contribution is 7.26. The van der Waals surface area contributed by atoms with E-state index in [0.717, 1.165) is 17.1 Å². The maximum Gasteiger partial charge on any atom is 0.0540 e. The second kappa shape index (κ2) is 13.1. The molecule has 0 saturated heterocycles. The summed E-state index contributed by atoms with van der Waals surface area (Å²) in [6.07, 6.45) is 0. The van der Waals surface area contributed by atoms with Gasteiger partial charge in [0, 0.05) is 57.2 Å². The molecule has 11 aromatic rings. The molecule has 0 bridgehead atoms. The average molecular weight is 736 g/mol. The first-order chi connectivity index (χ1) is 27.2. The van der Waals surface area contributed by atoms with E-state index in [2.05, 4.69) is 205 Å². The quantitative estimate of drug-likeness (QED) is 0.164. The van der Waals surface area contributed by atoms with Crippen LogP contribution in [0.5, 0.6) is 0 Å². The first-order valence-corrected chi connectivity index (χ1v) is 20.3. The number of benzene rings is 9. The Bertz CT molecular complexity index is 3240. The van der Waals surface area contributed by atoms with Crippen LogP contribution >= 0.6 is 22.7 Å². The van der Waals surface area contributed by atoms with Gasteiger partial charge in [-0.25, -0.2) is 0 Å². The van der Waals surface area contributed by atoms with E-state index >= 15 is 0 Å². The van der Waals surface area contributed by atoms with E-state index < -0.39 is 0 Å². The number of hydrogen-bond donors (Lipinski definition) is 0. The SMILES string of the molecule is c1cc(-c2ccc3sc4ccccc4c3c2)cc(N(c2ccccc2-c2ccc3ccccc3c2)c2ccccc2-c2ccc3sc4ccccc4c3c2)c1. The summed E-state index contributed by atoms with van der Waals surface area (Å²) in [6, 6.07) is 73.6. The van der Waals surface area contributed by atoms with E-state index in [1.165, 1.54) is 84.5 Å². The average Bonchev–Trinajstić information content (AvgIpc) is 3.82. The fourth-order valence-corrected chi connectivity index (χ4v) is 10.4. The molecule has 0 aliphatic carbocycles. The number of hydrogen-bond acceptors (Lipinski definition) is 3. The molecule has 0 atom stereocenters. The Hall–Kier alpha value is -6.52. The smallest absolute Gasteiger partial charge is 0.0540 e. The van der Waals surface area contributed by atoms with Gasteiger partial charge < -0.3 is 4.90 Å². The van der Waals surface area contributed by atoms with Crippen LogP contribution in [0, 0.1) is 0 Å². The lowest BCUT2D eigenvalue weighted by Crippen LogP contribution is -2.12. The Morgan fingerprint density at radius 1 is 0.291 bits per heavy atom. The fourth-order valence-electron chi connectivity index (χ4n) is 8.21. The van der Waals surface area contributed by atoms with E-state index in [1.54, 1.807) is 0 Å². The topological polar surface area (TPSA) is 3.24 Å². The lowest BCUT2D eigenvalue weighted by molar-refractivity contribution is 1.28. The van der Waals surface area contributed by atoms with Crippen molar-refractivity contribution >= 4 is 90.9 Å². The zero-order chi connectivity index (χ0) is 36.3. The molecule has 3 heteroatoms. The number of fused-ring (bicyclic) bond motifs is 7. The van der Waals surface area contributed by atoms with Gasteiger partial charge in [-0.3, -0.25) is 0 Å². The maximum atomic E-state index is 2.47. The minimum absolute atomic E-state index is 1.11. The molecule has 0 saturated carbocycles. The van der Waals surface area contributed by atoms with Crippen LogP contribution in [0.15, 0.2) is 200 Å². The van der Waals surface area contributed by atoms with Crippen molar-refractivity contribution in [2.75, 3.05) is 4.90 Å². The van der Waals surface area contributed by atoms with Crippen LogP contribution in [-0.4, -0.2) is 0 Å². The number of para-hydroxylation sites is 2. The summed E-state index contributed by atoms with van der Waals surface area (Å²) in [5.74, 6) is 0. The molecule has 2 aromatic heterocycles. The molecular formula is C52H33NS2. The Balaban J connectivity index is 1.13. The van der Waals surface area contributed by atoms with E-state index in [0.29, 0.717) is 0 Å². The van der Waals surface area contributed by atoms with Crippen molar-refractivity contribution < 1.29 is 0 Å². The third-order valence-electron chi connectivity index (χ3n) is 10.9. The third-order valence-corrected chi connectivity index (χ3v) is 13.2. The molecule has 258 valence electrons. The minimum Gasteiger partial charge on any atom is -0.309 e.